The summed E-state index contributed by atoms with van der Waals surface area (Å²) in [5.41, 5.74) is 2.22. The van der Waals surface area contributed by atoms with Gasteiger partial charge in [-0.1, -0.05) is 42.5 Å². The first-order valence-electron chi connectivity index (χ1n) is 10.0. The molecule has 174 valence electrons. The fourth-order valence-electron chi connectivity index (χ4n) is 3.20. The Hall–Kier alpha value is -3.44. The lowest BCUT2D eigenvalue weighted by Gasteiger charge is -2.22. The Balaban J connectivity index is 1.77. The molecule has 0 fully saturated rings. The molecule has 2 atom stereocenters. The number of benzene rings is 2. The van der Waals surface area contributed by atoms with E-state index in [4.69, 9.17) is 4.74 Å². The number of rotatable bonds is 10. The number of thiazole rings is 1. The standard InChI is InChI=1S/C22H24N4O5S2/c1-31-22(28)25-18(13-15-5-3-2-4-6-15)20(27)24-19(21-23-11-12-32-21)14-16-7-9-17(10-8-16)26-33(29)30/h2-12,18-19,33H,13-14H2,1H3,(H,24,27)(H,25,28)(H,26,29,30)/t18-,19-/m0/s1. The van der Waals surface area contributed by atoms with E-state index in [2.05, 4.69) is 20.3 Å². The van der Waals surface area contributed by atoms with Crippen LogP contribution < -0.4 is 15.4 Å². The molecule has 0 saturated heterocycles. The number of ether oxygens (including phenoxy) is 1. The molecule has 3 rings (SSSR count). The SMILES string of the molecule is COC(=O)N[C@@H](Cc1ccccc1)C(=O)N[C@@H](Cc1ccc(N[SH](=O)=O)cc1)c1nccs1. The monoisotopic (exact) mass is 488 g/mol. The van der Waals surface area contributed by atoms with Crippen LogP contribution in [-0.4, -0.2) is 38.6 Å². The summed E-state index contributed by atoms with van der Waals surface area (Å²) in [6.07, 6.45) is 1.68. The predicted molar refractivity (Wildman–Crippen MR) is 127 cm³/mol. The molecule has 0 aliphatic heterocycles. The van der Waals surface area contributed by atoms with Gasteiger partial charge < -0.3 is 15.4 Å². The Morgan fingerprint density at radius 1 is 1.00 bits per heavy atom. The molecule has 2 amide bonds. The van der Waals surface area contributed by atoms with E-state index < -0.39 is 29.1 Å². The largest absolute Gasteiger partial charge is 0.453 e. The van der Waals surface area contributed by atoms with E-state index in [0.29, 0.717) is 23.5 Å². The van der Waals surface area contributed by atoms with Crippen molar-refractivity contribution in [2.75, 3.05) is 11.8 Å². The molecular formula is C22H24N4O5S2. The number of thiol groups is 1. The second-order valence-electron chi connectivity index (χ2n) is 7.08. The Morgan fingerprint density at radius 3 is 2.30 bits per heavy atom. The molecule has 0 unspecified atom stereocenters. The molecule has 3 N–H and O–H groups in total. The number of nitrogens with zero attached hydrogens (tertiary/aromatic N) is 1. The van der Waals surface area contributed by atoms with E-state index in [1.807, 2.05) is 35.7 Å². The van der Waals surface area contributed by atoms with Crippen molar-refractivity contribution in [3.8, 4) is 0 Å². The molecule has 11 heteroatoms. The highest BCUT2D eigenvalue weighted by molar-refractivity contribution is 7.73. The Labute approximate surface area is 197 Å². The number of nitrogens with one attached hydrogen (secondary N) is 3. The van der Waals surface area contributed by atoms with Crippen LogP contribution >= 0.6 is 11.3 Å². The number of aromatic nitrogens is 1. The third-order valence-electron chi connectivity index (χ3n) is 4.76. The number of carbonyl (C=O) groups is 2. The van der Waals surface area contributed by atoms with Gasteiger partial charge in [-0.05, 0) is 29.7 Å². The molecule has 0 aliphatic carbocycles. The van der Waals surface area contributed by atoms with Crippen molar-refractivity contribution in [2.45, 2.75) is 24.9 Å². The highest BCUT2D eigenvalue weighted by Gasteiger charge is 2.26. The first-order chi connectivity index (χ1) is 15.9. The number of carbonyl (C=O) groups excluding carboxylic acids is 2. The summed E-state index contributed by atoms with van der Waals surface area (Å²) in [6, 6.07) is 14.9. The maximum absolute atomic E-state index is 13.2. The topological polar surface area (TPSA) is 126 Å². The molecule has 1 aromatic heterocycles. The smallest absolute Gasteiger partial charge is 0.407 e. The van der Waals surface area contributed by atoms with Gasteiger partial charge in [0.1, 0.15) is 11.0 Å². The lowest BCUT2D eigenvalue weighted by Crippen LogP contribution is -2.49. The summed E-state index contributed by atoms with van der Waals surface area (Å²) in [7, 11) is -1.50. The van der Waals surface area contributed by atoms with Crippen molar-refractivity contribution in [3.63, 3.8) is 0 Å². The maximum atomic E-state index is 13.2. The summed E-state index contributed by atoms with van der Waals surface area (Å²) < 4.78 is 28.7. The Bertz CT molecular complexity index is 1110. The van der Waals surface area contributed by atoms with E-state index in [9.17, 15) is 18.0 Å². The van der Waals surface area contributed by atoms with Crippen LogP contribution in [0.3, 0.4) is 0 Å². The predicted octanol–water partition coefficient (Wildman–Crippen LogP) is 2.45. The first-order valence-corrected chi connectivity index (χ1v) is 12.1. The number of methoxy groups -OCH3 is 1. The van der Waals surface area contributed by atoms with Gasteiger partial charge in [-0.15, -0.1) is 11.3 Å². The normalized spacial score (nSPS) is 12.5. The average Bonchev–Trinajstić information content (AvgIpc) is 3.34. The minimum absolute atomic E-state index is 0.292. The fourth-order valence-corrected chi connectivity index (χ4v) is 4.24. The molecule has 0 aliphatic rings. The molecule has 9 nitrogen and oxygen atoms in total. The number of anilines is 1. The van der Waals surface area contributed by atoms with E-state index in [-0.39, 0.29) is 5.91 Å². The van der Waals surface area contributed by atoms with Gasteiger partial charge in [-0.3, -0.25) is 9.52 Å². The van der Waals surface area contributed by atoms with Crippen LogP contribution in [0.1, 0.15) is 22.2 Å². The number of hydrogen-bond donors (Lipinski definition) is 4. The molecule has 1 heterocycles. The molecular weight excluding hydrogens is 464 g/mol. The van der Waals surface area contributed by atoms with Crippen LogP contribution in [0, 0.1) is 0 Å². The Morgan fingerprint density at radius 2 is 1.70 bits per heavy atom. The van der Waals surface area contributed by atoms with Gasteiger partial charge in [-0.2, -0.15) is 0 Å². The summed E-state index contributed by atoms with van der Waals surface area (Å²) in [4.78, 5) is 29.4. The van der Waals surface area contributed by atoms with Gasteiger partial charge in [0.2, 0.25) is 16.8 Å². The van der Waals surface area contributed by atoms with Gasteiger partial charge in [0.05, 0.1) is 13.2 Å². The lowest BCUT2D eigenvalue weighted by molar-refractivity contribution is -0.123. The minimum atomic E-state index is -2.74. The molecule has 2 aromatic carbocycles. The van der Waals surface area contributed by atoms with Crippen LogP contribution in [-0.2, 0) is 33.3 Å². The second-order valence-corrected chi connectivity index (χ2v) is 8.74. The Kier molecular flexibility index (Phi) is 8.79. The van der Waals surface area contributed by atoms with Crippen molar-refractivity contribution in [3.05, 3.63) is 82.3 Å². The van der Waals surface area contributed by atoms with E-state index in [1.165, 1.54) is 18.4 Å². The summed E-state index contributed by atoms with van der Waals surface area (Å²) in [5.74, 6) is -0.369. The molecule has 0 saturated carbocycles. The lowest BCUT2D eigenvalue weighted by atomic mass is 10.0. The van der Waals surface area contributed by atoms with Gasteiger partial charge in [0.15, 0.2) is 0 Å². The fraction of sp³-hybridized carbons (Fsp3) is 0.227. The maximum Gasteiger partial charge on any atom is 0.407 e. The van der Waals surface area contributed by atoms with Crippen molar-refractivity contribution in [1.29, 1.82) is 0 Å². The van der Waals surface area contributed by atoms with E-state index in [0.717, 1.165) is 11.1 Å². The zero-order chi connectivity index (χ0) is 23.6. The zero-order valence-electron chi connectivity index (χ0n) is 17.8. The first kappa shape index (κ1) is 24.2. The average molecular weight is 489 g/mol. The van der Waals surface area contributed by atoms with E-state index in [1.54, 1.807) is 30.5 Å². The van der Waals surface area contributed by atoms with Crippen molar-refractivity contribution in [1.82, 2.24) is 15.6 Å². The summed E-state index contributed by atoms with van der Waals surface area (Å²) in [5, 5.41) is 8.12. The van der Waals surface area contributed by atoms with Crippen LogP contribution in [0.15, 0.2) is 66.2 Å². The van der Waals surface area contributed by atoms with Crippen LogP contribution in [0.25, 0.3) is 0 Å². The third kappa shape index (κ3) is 7.58. The molecule has 0 spiro atoms. The van der Waals surface area contributed by atoms with E-state index >= 15 is 0 Å². The van der Waals surface area contributed by atoms with Crippen LogP contribution in [0.2, 0.25) is 0 Å². The summed E-state index contributed by atoms with van der Waals surface area (Å²) >= 11 is 1.41. The van der Waals surface area contributed by atoms with Gasteiger partial charge in [-0.25, -0.2) is 18.2 Å². The van der Waals surface area contributed by atoms with Gasteiger partial charge in [0.25, 0.3) is 0 Å². The molecule has 33 heavy (non-hydrogen) atoms. The van der Waals surface area contributed by atoms with Gasteiger partial charge >= 0.3 is 6.09 Å². The van der Waals surface area contributed by atoms with Crippen LogP contribution in [0.5, 0.6) is 0 Å². The zero-order valence-corrected chi connectivity index (χ0v) is 19.5. The second kappa shape index (κ2) is 12.0. The minimum Gasteiger partial charge on any atom is -0.453 e. The van der Waals surface area contributed by atoms with Crippen LogP contribution in [0.4, 0.5) is 10.5 Å². The third-order valence-corrected chi connectivity index (χ3v) is 6.09. The molecule has 0 radical (unpaired) electrons. The molecule has 0 bridgehead atoms. The molecule has 3 aromatic rings. The highest BCUT2D eigenvalue weighted by atomic mass is 32.2. The number of alkyl carbamates (subject to hydrolysis) is 1. The van der Waals surface area contributed by atoms with Crippen molar-refractivity contribution >= 4 is 39.9 Å². The van der Waals surface area contributed by atoms with Crippen molar-refractivity contribution < 1.29 is 22.7 Å². The van der Waals surface area contributed by atoms with Gasteiger partial charge in [0, 0.05) is 23.7 Å². The summed E-state index contributed by atoms with van der Waals surface area (Å²) in [6.45, 7) is 0. The highest BCUT2D eigenvalue weighted by Crippen LogP contribution is 2.22. The number of hydrogen-bond acceptors (Lipinski definition) is 7. The van der Waals surface area contributed by atoms with Crippen molar-refractivity contribution in [2.24, 2.45) is 0 Å². The number of amides is 2. The quantitative estimate of drug-likeness (QED) is 0.325.